The molecular weight excluding hydrogens is 380 g/mol. The highest BCUT2D eigenvalue weighted by Gasteiger charge is 2.38. The van der Waals surface area contributed by atoms with E-state index in [-0.39, 0.29) is 28.6 Å². The van der Waals surface area contributed by atoms with Crippen LogP contribution in [0.25, 0.3) is 0 Å². The Kier molecular flexibility index (Phi) is 4.67. The maximum Gasteiger partial charge on any atom is 0.245 e. The zero-order valence-corrected chi connectivity index (χ0v) is 14.7. The van der Waals surface area contributed by atoms with Crippen molar-refractivity contribution >= 4 is 41.5 Å². The maximum atomic E-state index is 12.7. The molecule has 1 fully saturated rings. The van der Waals surface area contributed by atoms with E-state index in [1.165, 1.54) is 16.4 Å². The molecule has 2 rings (SSSR count). The van der Waals surface area contributed by atoms with Gasteiger partial charge >= 0.3 is 0 Å². The van der Waals surface area contributed by atoms with Crippen molar-refractivity contribution in [3.05, 3.63) is 22.7 Å². The molecule has 0 radical (unpaired) electrons. The quantitative estimate of drug-likeness (QED) is 0.771. The summed E-state index contributed by atoms with van der Waals surface area (Å²) in [7, 11) is -6.96. The summed E-state index contributed by atoms with van der Waals surface area (Å²) in [6.07, 6.45) is 0.325. The van der Waals surface area contributed by atoms with Crippen molar-refractivity contribution in [1.29, 1.82) is 0 Å². The monoisotopic (exact) mass is 396 g/mol. The minimum absolute atomic E-state index is 0.0110. The first-order valence-corrected chi connectivity index (χ1v) is 10.5. The van der Waals surface area contributed by atoms with Gasteiger partial charge in [-0.1, -0.05) is 22.9 Å². The van der Waals surface area contributed by atoms with Crippen LogP contribution < -0.4 is 5.73 Å². The van der Waals surface area contributed by atoms with Crippen LogP contribution >= 0.6 is 15.9 Å². The van der Waals surface area contributed by atoms with Gasteiger partial charge in [0.15, 0.2) is 9.84 Å². The Balaban J connectivity index is 2.41. The van der Waals surface area contributed by atoms with Gasteiger partial charge < -0.3 is 5.73 Å². The number of anilines is 1. The second-order valence-electron chi connectivity index (χ2n) is 4.95. The number of hydrogen-bond acceptors (Lipinski definition) is 5. The highest BCUT2D eigenvalue weighted by atomic mass is 79.9. The van der Waals surface area contributed by atoms with Gasteiger partial charge in [0.25, 0.3) is 0 Å². The van der Waals surface area contributed by atoms with Crippen LogP contribution in [0.5, 0.6) is 0 Å². The van der Waals surface area contributed by atoms with E-state index in [9.17, 15) is 16.8 Å². The molecule has 1 unspecified atom stereocenters. The first kappa shape index (κ1) is 16.7. The summed E-state index contributed by atoms with van der Waals surface area (Å²) < 4.78 is 50.5. The maximum absolute atomic E-state index is 12.7. The molecule has 6 nitrogen and oxygen atoms in total. The van der Waals surface area contributed by atoms with E-state index in [1.54, 1.807) is 13.0 Å². The van der Waals surface area contributed by atoms with Crippen LogP contribution in [0.15, 0.2) is 27.6 Å². The molecular formula is C12H17BrN2O4S2. The Bertz CT molecular complexity index is 747. The van der Waals surface area contributed by atoms with E-state index < -0.39 is 25.9 Å². The van der Waals surface area contributed by atoms with Crippen molar-refractivity contribution in [1.82, 2.24) is 4.31 Å². The molecule has 1 atom stereocenters. The number of sulfonamides is 1. The summed E-state index contributed by atoms with van der Waals surface area (Å²) in [5, 5.41) is 0. The predicted molar refractivity (Wildman–Crippen MR) is 85.2 cm³/mol. The summed E-state index contributed by atoms with van der Waals surface area (Å²) in [6, 6.07) is 4.03. The zero-order chi connectivity index (χ0) is 15.8. The van der Waals surface area contributed by atoms with Crippen molar-refractivity contribution in [2.24, 2.45) is 0 Å². The summed E-state index contributed by atoms with van der Waals surface area (Å²) in [4.78, 5) is 0.0110. The van der Waals surface area contributed by atoms with E-state index in [0.717, 1.165) is 0 Å². The Labute approximate surface area is 133 Å². The highest BCUT2D eigenvalue weighted by molar-refractivity contribution is 9.10. The molecule has 0 saturated carbocycles. The molecule has 0 bridgehead atoms. The van der Waals surface area contributed by atoms with Crippen molar-refractivity contribution in [2.45, 2.75) is 24.3 Å². The van der Waals surface area contributed by atoms with Crippen LogP contribution in [-0.4, -0.2) is 45.2 Å². The number of nitrogens with two attached hydrogens (primary N) is 1. The smallest absolute Gasteiger partial charge is 0.245 e. The van der Waals surface area contributed by atoms with Crippen LogP contribution in [0, 0.1) is 0 Å². The Morgan fingerprint density at radius 2 is 2.10 bits per heavy atom. The zero-order valence-electron chi connectivity index (χ0n) is 11.5. The largest absolute Gasteiger partial charge is 0.398 e. The van der Waals surface area contributed by atoms with Gasteiger partial charge in [-0.15, -0.1) is 0 Å². The standard InChI is InChI=1S/C12H17BrN2O4S2/c1-2-15(10-5-6-20(16,17)8-10)21(18,19)12-4-3-9(13)7-11(12)14/h3-4,7,10H,2,5-6,8,14H2,1H3. The first-order valence-electron chi connectivity index (χ1n) is 6.44. The molecule has 2 N–H and O–H groups in total. The molecule has 1 aliphatic rings. The molecule has 1 aromatic rings. The van der Waals surface area contributed by atoms with Crippen molar-refractivity contribution < 1.29 is 16.8 Å². The van der Waals surface area contributed by atoms with Gasteiger partial charge in [-0.05, 0) is 24.6 Å². The van der Waals surface area contributed by atoms with Crippen LogP contribution in [-0.2, 0) is 19.9 Å². The van der Waals surface area contributed by atoms with E-state index in [4.69, 9.17) is 5.73 Å². The lowest BCUT2D eigenvalue weighted by molar-refractivity contribution is 0.354. The van der Waals surface area contributed by atoms with E-state index in [0.29, 0.717) is 10.9 Å². The van der Waals surface area contributed by atoms with Crippen molar-refractivity contribution in [3.63, 3.8) is 0 Å². The minimum atomic E-state index is -3.81. The summed E-state index contributed by atoms with van der Waals surface area (Å²) in [5.41, 5.74) is 5.94. The number of rotatable bonds is 4. The van der Waals surface area contributed by atoms with E-state index in [1.807, 2.05) is 0 Å². The number of nitrogen functional groups attached to an aromatic ring is 1. The molecule has 0 aliphatic carbocycles. The number of benzene rings is 1. The summed E-state index contributed by atoms with van der Waals surface area (Å²) in [6.45, 7) is 1.90. The lowest BCUT2D eigenvalue weighted by Gasteiger charge is -2.26. The molecule has 0 amide bonds. The normalized spacial score (nSPS) is 21.8. The molecule has 9 heteroatoms. The average molecular weight is 397 g/mol. The minimum Gasteiger partial charge on any atom is -0.398 e. The molecule has 0 spiro atoms. The van der Waals surface area contributed by atoms with Crippen molar-refractivity contribution in [3.8, 4) is 0 Å². The second kappa shape index (κ2) is 5.86. The molecule has 118 valence electrons. The van der Waals surface area contributed by atoms with Gasteiger partial charge in [0.1, 0.15) is 4.90 Å². The Hall–Kier alpha value is -0.640. The molecule has 1 aromatic carbocycles. The Morgan fingerprint density at radius 1 is 1.43 bits per heavy atom. The lowest BCUT2D eigenvalue weighted by Crippen LogP contribution is -2.41. The summed E-state index contributed by atoms with van der Waals surface area (Å²) >= 11 is 3.23. The van der Waals surface area contributed by atoms with Gasteiger partial charge in [-0.3, -0.25) is 0 Å². The number of halogens is 1. The fourth-order valence-corrected chi connectivity index (χ4v) is 6.47. The molecule has 1 saturated heterocycles. The van der Waals surface area contributed by atoms with Gasteiger partial charge in [0.2, 0.25) is 10.0 Å². The van der Waals surface area contributed by atoms with Crippen molar-refractivity contribution in [2.75, 3.05) is 23.8 Å². The molecule has 21 heavy (non-hydrogen) atoms. The fourth-order valence-electron chi connectivity index (χ4n) is 2.51. The SMILES string of the molecule is CCN(C1CCS(=O)(=O)C1)S(=O)(=O)c1ccc(Br)cc1N. The van der Waals surface area contributed by atoms with Gasteiger partial charge in [0.05, 0.1) is 17.2 Å². The third-order valence-corrected chi connectivity index (χ3v) is 7.83. The molecule has 0 aromatic heterocycles. The third-order valence-electron chi connectivity index (χ3n) is 3.49. The summed E-state index contributed by atoms with van der Waals surface area (Å²) in [5.74, 6) is -0.101. The number of hydrogen-bond donors (Lipinski definition) is 1. The average Bonchev–Trinajstić information content (AvgIpc) is 2.69. The molecule has 1 heterocycles. The predicted octanol–water partition coefficient (Wildman–Crippen LogP) is 1.23. The van der Waals surface area contributed by atoms with Gasteiger partial charge in [-0.2, -0.15) is 4.31 Å². The molecule has 1 aliphatic heterocycles. The van der Waals surface area contributed by atoms with Crippen LogP contribution in [0.4, 0.5) is 5.69 Å². The fraction of sp³-hybridized carbons (Fsp3) is 0.500. The van der Waals surface area contributed by atoms with Gasteiger partial charge in [-0.25, -0.2) is 16.8 Å². The van der Waals surface area contributed by atoms with Gasteiger partial charge in [0, 0.05) is 17.1 Å². The lowest BCUT2D eigenvalue weighted by atomic mass is 10.3. The van der Waals surface area contributed by atoms with Crippen LogP contribution in [0.3, 0.4) is 0 Å². The van der Waals surface area contributed by atoms with E-state index in [2.05, 4.69) is 15.9 Å². The first-order chi connectivity index (χ1) is 9.67. The van der Waals surface area contributed by atoms with E-state index >= 15 is 0 Å². The number of nitrogens with zero attached hydrogens (tertiary/aromatic N) is 1. The highest BCUT2D eigenvalue weighted by Crippen LogP contribution is 2.29. The second-order valence-corrected chi connectivity index (χ2v) is 9.95. The number of sulfone groups is 1. The van der Waals surface area contributed by atoms with Crippen LogP contribution in [0.1, 0.15) is 13.3 Å². The Morgan fingerprint density at radius 3 is 2.57 bits per heavy atom. The van der Waals surface area contributed by atoms with Crippen LogP contribution in [0.2, 0.25) is 0 Å². The third kappa shape index (κ3) is 3.41. The topological polar surface area (TPSA) is 97.5 Å².